The number of carbonyl (C=O) groups is 3. The summed E-state index contributed by atoms with van der Waals surface area (Å²) in [6.45, 7) is 3.03. The maximum absolute atomic E-state index is 12.6. The number of hydrogen-bond donors (Lipinski definition) is 1. The molecule has 134 valence electrons. The molecule has 2 aromatic rings. The molecule has 6 nitrogen and oxygen atoms in total. The SMILES string of the molecule is CC(=O)Nc1cccc(C(=O)OCC(=O)N2c3ccccc3C[C@H]2C)c1. The van der Waals surface area contributed by atoms with E-state index in [2.05, 4.69) is 5.32 Å². The number of anilines is 2. The van der Waals surface area contributed by atoms with Crippen LogP contribution in [-0.2, 0) is 20.7 Å². The maximum Gasteiger partial charge on any atom is 0.338 e. The van der Waals surface area contributed by atoms with Crippen molar-refractivity contribution in [3.05, 3.63) is 59.7 Å². The van der Waals surface area contributed by atoms with Crippen molar-refractivity contribution < 1.29 is 19.1 Å². The normalized spacial score (nSPS) is 15.3. The number of ether oxygens (including phenoxy) is 1. The number of amides is 2. The Morgan fingerprint density at radius 2 is 1.92 bits per heavy atom. The highest BCUT2D eigenvalue weighted by Gasteiger charge is 2.31. The van der Waals surface area contributed by atoms with Crippen molar-refractivity contribution in [2.24, 2.45) is 0 Å². The van der Waals surface area contributed by atoms with Gasteiger partial charge in [0.1, 0.15) is 0 Å². The Bertz CT molecular complexity index is 862. The molecular formula is C20H20N2O4. The van der Waals surface area contributed by atoms with Crippen molar-refractivity contribution in [2.45, 2.75) is 26.3 Å². The second kappa shape index (κ2) is 7.39. The van der Waals surface area contributed by atoms with E-state index in [1.54, 1.807) is 23.1 Å². The number of para-hydroxylation sites is 1. The van der Waals surface area contributed by atoms with Crippen LogP contribution in [0, 0.1) is 0 Å². The first-order valence-corrected chi connectivity index (χ1v) is 8.40. The summed E-state index contributed by atoms with van der Waals surface area (Å²) < 4.78 is 5.18. The van der Waals surface area contributed by atoms with Crippen molar-refractivity contribution in [1.29, 1.82) is 0 Å². The van der Waals surface area contributed by atoms with Crippen molar-refractivity contribution in [2.75, 3.05) is 16.8 Å². The summed E-state index contributed by atoms with van der Waals surface area (Å²) in [7, 11) is 0. The van der Waals surface area contributed by atoms with Gasteiger partial charge in [-0.1, -0.05) is 24.3 Å². The molecule has 2 aromatic carbocycles. The van der Waals surface area contributed by atoms with Gasteiger partial charge in [-0.25, -0.2) is 4.79 Å². The Morgan fingerprint density at radius 3 is 2.69 bits per heavy atom. The highest BCUT2D eigenvalue weighted by Crippen LogP contribution is 2.31. The fourth-order valence-electron chi connectivity index (χ4n) is 3.15. The fourth-order valence-corrected chi connectivity index (χ4v) is 3.15. The summed E-state index contributed by atoms with van der Waals surface area (Å²) in [5, 5.41) is 2.60. The lowest BCUT2D eigenvalue weighted by Gasteiger charge is -2.22. The van der Waals surface area contributed by atoms with Gasteiger partial charge in [-0.2, -0.15) is 0 Å². The molecule has 1 aliphatic heterocycles. The van der Waals surface area contributed by atoms with Crippen molar-refractivity contribution in [3.8, 4) is 0 Å². The molecule has 0 aliphatic carbocycles. The van der Waals surface area contributed by atoms with Crippen LogP contribution in [0.3, 0.4) is 0 Å². The Balaban J connectivity index is 1.65. The van der Waals surface area contributed by atoms with Gasteiger partial charge in [0.2, 0.25) is 5.91 Å². The summed E-state index contributed by atoms with van der Waals surface area (Å²) in [4.78, 5) is 37.6. The van der Waals surface area contributed by atoms with E-state index in [-0.39, 0.29) is 30.0 Å². The molecule has 1 atom stereocenters. The summed E-state index contributed by atoms with van der Waals surface area (Å²) in [5.41, 5.74) is 2.76. The number of fused-ring (bicyclic) bond motifs is 1. The largest absolute Gasteiger partial charge is 0.452 e. The topological polar surface area (TPSA) is 75.7 Å². The molecule has 0 bridgehead atoms. The van der Waals surface area contributed by atoms with E-state index < -0.39 is 5.97 Å². The number of nitrogens with zero attached hydrogens (tertiary/aromatic N) is 1. The average molecular weight is 352 g/mol. The predicted octanol–water partition coefficient (Wildman–Crippen LogP) is 2.78. The fraction of sp³-hybridized carbons (Fsp3) is 0.250. The van der Waals surface area contributed by atoms with E-state index in [4.69, 9.17) is 4.74 Å². The van der Waals surface area contributed by atoms with Crippen LogP contribution in [-0.4, -0.2) is 30.4 Å². The van der Waals surface area contributed by atoms with E-state index in [0.717, 1.165) is 17.7 Å². The van der Waals surface area contributed by atoms with Crippen LogP contribution in [0.2, 0.25) is 0 Å². The van der Waals surface area contributed by atoms with Crippen LogP contribution in [0.25, 0.3) is 0 Å². The lowest BCUT2D eigenvalue weighted by Crippen LogP contribution is -2.38. The van der Waals surface area contributed by atoms with Gasteiger partial charge >= 0.3 is 5.97 Å². The zero-order valence-electron chi connectivity index (χ0n) is 14.7. The monoisotopic (exact) mass is 352 g/mol. The minimum atomic E-state index is -0.606. The van der Waals surface area contributed by atoms with Crippen LogP contribution in [0.15, 0.2) is 48.5 Å². The Kier molecular flexibility index (Phi) is 5.02. The number of hydrogen-bond acceptors (Lipinski definition) is 4. The Hall–Kier alpha value is -3.15. The summed E-state index contributed by atoms with van der Waals surface area (Å²) in [5.74, 6) is -1.09. The highest BCUT2D eigenvalue weighted by molar-refractivity contribution is 5.99. The summed E-state index contributed by atoms with van der Waals surface area (Å²) in [6.07, 6.45) is 0.786. The van der Waals surface area contributed by atoms with E-state index in [9.17, 15) is 14.4 Å². The Labute approximate surface area is 151 Å². The van der Waals surface area contributed by atoms with Crippen molar-refractivity contribution >= 4 is 29.2 Å². The number of nitrogens with one attached hydrogen (secondary N) is 1. The van der Waals surface area contributed by atoms with Crippen LogP contribution < -0.4 is 10.2 Å². The maximum atomic E-state index is 12.6. The molecule has 0 spiro atoms. The molecule has 0 fully saturated rings. The minimum absolute atomic E-state index is 0.0293. The third-order valence-electron chi connectivity index (χ3n) is 4.22. The predicted molar refractivity (Wildman–Crippen MR) is 98.1 cm³/mol. The number of benzene rings is 2. The molecule has 0 saturated carbocycles. The first-order valence-electron chi connectivity index (χ1n) is 8.40. The lowest BCUT2D eigenvalue weighted by atomic mass is 10.1. The van der Waals surface area contributed by atoms with Gasteiger partial charge < -0.3 is 15.0 Å². The zero-order chi connectivity index (χ0) is 18.7. The zero-order valence-corrected chi connectivity index (χ0v) is 14.7. The van der Waals surface area contributed by atoms with Crippen molar-refractivity contribution in [1.82, 2.24) is 0 Å². The molecule has 0 unspecified atom stereocenters. The minimum Gasteiger partial charge on any atom is -0.452 e. The molecule has 1 N–H and O–H groups in total. The van der Waals surface area contributed by atoms with E-state index in [0.29, 0.717) is 5.69 Å². The van der Waals surface area contributed by atoms with Crippen LogP contribution in [0.1, 0.15) is 29.8 Å². The van der Waals surface area contributed by atoms with Crippen LogP contribution in [0.5, 0.6) is 0 Å². The van der Waals surface area contributed by atoms with Gasteiger partial charge in [-0.15, -0.1) is 0 Å². The molecule has 1 heterocycles. The molecule has 0 aromatic heterocycles. The molecule has 2 amide bonds. The first kappa shape index (κ1) is 17.7. The summed E-state index contributed by atoms with van der Waals surface area (Å²) >= 11 is 0. The van der Waals surface area contributed by atoms with Gasteiger partial charge in [0.15, 0.2) is 6.61 Å². The molecular weight excluding hydrogens is 332 g/mol. The van der Waals surface area contributed by atoms with E-state index in [1.807, 2.05) is 31.2 Å². The number of esters is 1. The number of rotatable bonds is 4. The molecule has 0 radical (unpaired) electrons. The summed E-state index contributed by atoms with van der Waals surface area (Å²) in [6, 6.07) is 14.2. The second-order valence-corrected chi connectivity index (χ2v) is 6.28. The smallest absolute Gasteiger partial charge is 0.338 e. The lowest BCUT2D eigenvalue weighted by molar-refractivity contribution is -0.122. The number of carbonyl (C=O) groups excluding carboxylic acids is 3. The Morgan fingerprint density at radius 1 is 1.15 bits per heavy atom. The molecule has 3 rings (SSSR count). The van der Waals surface area contributed by atoms with Gasteiger partial charge in [-0.3, -0.25) is 9.59 Å². The molecule has 26 heavy (non-hydrogen) atoms. The molecule has 1 aliphatic rings. The van der Waals surface area contributed by atoms with Gasteiger partial charge in [-0.05, 0) is 43.2 Å². The van der Waals surface area contributed by atoms with Crippen LogP contribution in [0.4, 0.5) is 11.4 Å². The van der Waals surface area contributed by atoms with E-state index in [1.165, 1.54) is 13.0 Å². The van der Waals surface area contributed by atoms with Gasteiger partial charge in [0.05, 0.1) is 5.56 Å². The van der Waals surface area contributed by atoms with E-state index >= 15 is 0 Å². The first-order chi connectivity index (χ1) is 12.5. The quantitative estimate of drug-likeness (QED) is 0.859. The molecule has 6 heteroatoms. The van der Waals surface area contributed by atoms with Gasteiger partial charge in [0.25, 0.3) is 5.91 Å². The third kappa shape index (κ3) is 3.74. The molecule has 0 saturated heterocycles. The standard InChI is InChI=1S/C20H20N2O4/c1-13-10-15-6-3-4-9-18(15)22(13)19(24)12-26-20(25)16-7-5-8-17(11-16)21-14(2)23/h3-9,11,13H,10,12H2,1-2H3,(H,21,23)/t13-/m1/s1. The van der Waals surface area contributed by atoms with Crippen molar-refractivity contribution in [3.63, 3.8) is 0 Å². The second-order valence-electron chi connectivity index (χ2n) is 6.28. The van der Waals surface area contributed by atoms with Gasteiger partial charge in [0, 0.05) is 24.3 Å². The highest BCUT2D eigenvalue weighted by atomic mass is 16.5. The third-order valence-corrected chi connectivity index (χ3v) is 4.22. The van der Waals surface area contributed by atoms with Crippen LogP contribution >= 0.6 is 0 Å². The average Bonchev–Trinajstić information content (AvgIpc) is 2.94.